The molecule has 0 fully saturated rings. The number of hydrogen-bond donors (Lipinski definition) is 0. The Morgan fingerprint density at radius 1 is 0.302 bits per heavy atom. The summed E-state index contributed by atoms with van der Waals surface area (Å²) in [7, 11) is 0. The Kier molecular flexibility index (Phi) is 5.96. The number of furan rings is 2. The van der Waals surface area contributed by atoms with E-state index in [0.717, 1.165) is 55.0 Å². The minimum absolute atomic E-state index is 0.799. The zero-order valence-corrected chi connectivity index (χ0v) is 29.2. The number of hydrogen-bond acceptors (Lipinski definition) is 3. The van der Waals surface area contributed by atoms with Crippen LogP contribution < -0.4 is 0 Å². The highest BCUT2D eigenvalue weighted by molar-refractivity contribution is 7.25. The van der Waals surface area contributed by atoms with Crippen molar-refractivity contribution < 1.29 is 8.83 Å². The van der Waals surface area contributed by atoms with Gasteiger partial charge >= 0.3 is 0 Å². The SMILES string of the molecule is c1ccc(-c2c3ccccc3c(-c3ccc4c(c3)sc3ccc(-c5cccc6c5oc5c6ccc6c7ccccc7oc65)cc34)c3ccccc23)cc1. The molecule has 0 atom stereocenters. The summed E-state index contributed by atoms with van der Waals surface area (Å²) in [6.45, 7) is 0. The maximum atomic E-state index is 6.74. The number of thiophene rings is 1. The Bertz CT molecular complexity index is 3390. The second-order valence-electron chi connectivity index (χ2n) is 13.9. The molecule has 0 spiro atoms. The lowest BCUT2D eigenvalue weighted by Gasteiger charge is -2.17. The summed E-state index contributed by atoms with van der Waals surface area (Å²) in [6.07, 6.45) is 0. The maximum absolute atomic E-state index is 6.74. The fraction of sp³-hybridized carbons (Fsp3) is 0. The van der Waals surface area contributed by atoms with Crippen molar-refractivity contribution in [3.8, 4) is 33.4 Å². The van der Waals surface area contributed by atoms with Crippen molar-refractivity contribution in [2.45, 2.75) is 0 Å². The van der Waals surface area contributed by atoms with Gasteiger partial charge in [-0.3, -0.25) is 0 Å². The van der Waals surface area contributed by atoms with Crippen LogP contribution in [0.25, 0.3) is 119 Å². The van der Waals surface area contributed by atoms with Crippen LogP contribution in [-0.4, -0.2) is 0 Å². The zero-order valence-electron chi connectivity index (χ0n) is 28.4. The lowest BCUT2D eigenvalue weighted by molar-refractivity contribution is 0.634. The first-order chi connectivity index (χ1) is 26.3. The number of benzene rings is 9. The second kappa shape index (κ2) is 10.9. The van der Waals surface area contributed by atoms with E-state index in [1.807, 2.05) is 23.5 Å². The van der Waals surface area contributed by atoms with E-state index >= 15 is 0 Å². The minimum Gasteiger partial charge on any atom is -0.452 e. The fourth-order valence-corrected chi connectivity index (χ4v) is 9.85. The van der Waals surface area contributed by atoms with Gasteiger partial charge in [0.15, 0.2) is 11.2 Å². The number of fused-ring (bicyclic) bond motifs is 12. The van der Waals surface area contributed by atoms with Crippen molar-refractivity contribution in [1.82, 2.24) is 0 Å². The highest BCUT2D eigenvalue weighted by Crippen LogP contribution is 2.47. The topological polar surface area (TPSA) is 26.3 Å². The molecule has 0 bridgehead atoms. The molecule has 12 aromatic rings. The summed E-state index contributed by atoms with van der Waals surface area (Å²) in [5, 5.41) is 12.0. The van der Waals surface area contributed by atoms with Crippen LogP contribution in [0, 0.1) is 0 Å². The van der Waals surface area contributed by atoms with Gasteiger partial charge in [0.25, 0.3) is 0 Å². The van der Waals surface area contributed by atoms with Gasteiger partial charge in [-0.05, 0) is 85.8 Å². The quantitative estimate of drug-likeness (QED) is 0.172. The van der Waals surface area contributed by atoms with Crippen LogP contribution in [0.2, 0.25) is 0 Å². The van der Waals surface area contributed by atoms with E-state index in [1.54, 1.807) is 0 Å². The van der Waals surface area contributed by atoms with Crippen molar-refractivity contribution in [3.05, 3.63) is 170 Å². The molecule has 0 aliphatic rings. The minimum atomic E-state index is 0.799. The molecule has 0 aliphatic carbocycles. The fourth-order valence-electron chi connectivity index (χ4n) is 8.72. The van der Waals surface area contributed by atoms with Crippen LogP contribution >= 0.6 is 11.3 Å². The molecule has 0 amide bonds. The molecule has 53 heavy (non-hydrogen) atoms. The van der Waals surface area contributed by atoms with Gasteiger partial charge in [0.2, 0.25) is 0 Å². The van der Waals surface area contributed by atoms with Crippen LogP contribution in [0.3, 0.4) is 0 Å². The molecule has 246 valence electrons. The zero-order chi connectivity index (χ0) is 34.6. The summed E-state index contributed by atoms with van der Waals surface area (Å²) < 4.78 is 15.7. The van der Waals surface area contributed by atoms with Gasteiger partial charge < -0.3 is 8.83 Å². The Morgan fingerprint density at radius 3 is 1.62 bits per heavy atom. The van der Waals surface area contributed by atoms with Crippen molar-refractivity contribution in [2.75, 3.05) is 0 Å². The third-order valence-corrected chi connectivity index (χ3v) is 12.2. The molecule has 12 rings (SSSR count). The van der Waals surface area contributed by atoms with Crippen molar-refractivity contribution >= 4 is 96.9 Å². The van der Waals surface area contributed by atoms with Crippen LogP contribution in [0.1, 0.15) is 0 Å². The van der Waals surface area contributed by atoms with E-state index < -0.39 is 0 Å². The highest BCUT2D eigenvalue weighted by atomic mass is 32.1. The van der Waals surface area contributed by atoms with Crippen molar-refractivity contribution in [2.24, 2.45) is 0 Å². The number of para-hydroxylation sites is 2. The first-order valence-electron chi connectivity index (χ1n) is 18.0. The summed E-state index contributed by atoms with van der Waals surface area (Å²) in [4.78, 5) is 0. The van der Waals surface area contributed by atoms with E-state index in [1.165, 1.54) is 64.0 Å². The van der Waals surface area contributed by atoms with Crippen LogP contribution in [0.4, 0.5) is 0 Å². The number of rotatable bonds is 3. The third kappa shape index (κ3) is 4.14. The molecule has 2 nitrogen and oxygen atoms in total. The van der Waals surface area contributed by atoms with Crippen LogP contribution in [-0.2, 0) is 0 Å². The molecular weight excluding hydrogens is 665 g/mol. The van der Waals surface area contributed by atoms with E-state index in [9.17, 15) is 0 Å². The largest absolute Gasteiger partial charge is 0.452 e. The lowest BCUT2D eigenvalue weighted by atomic mass is 9.86. The van der Waals surface area contributed by atoms with Crippen LogP contribution in [0.5, 0.6) is 0 Å². The molecule has 0 unspecified atom stereocenters. The van der Waals surface area contributed by atoms with Crippen molar-refractivity contribution in [3.63, 3.8) is 0 Å². The van der Waals surface area contributed by atoms with E-state index in [-0.39, 0.29) is 0 Å². The first kappa shape index (κ1) is 29.0. The average Bonchev–Trinajstić information content (AvgIpc) is 3.91. The normalized spacial score (nSPS) is 12.2. The molecule has 0 radical (unpaired) electrons. The molecule has 0 N–H and O–H groups in total. The monoisotopic (exact) mass is 692 g/mol. The molecule has 0 saturated carbocycles. The second-order valence-corrected chi connectivity index (χ2v) is 15.0. The van der Waals surface area contributed by atoms with Gasteiger partial charge in [0.05, 0.1) is 0 Å². The highest BCUT2D eigenvalue weighted by Gasteiger charge is 2.20. The lowest BCUT2D eigenvalue weighted by Crippen LogP contribution is -1.90. The summed E-state index contributed by atoms with van der Waals surface area (Å²) in [5.41, 5.74) is 10.6. The van der Waals surface area contributed by atoms with Gasteiger partial charge in [-0.25, -0.2) is 0 Å². The third-order valence-electron chi connectivity index (χ3n) is 11.1. The maximum Gasteiger partial charge on any atom is 0.178 e. The van der Waals surface area contributed by atoms with Gasteiger partial charge in [0.1, 0.15) is 11.2 Å². The predicted molar refractivity (Wildman–Crippen MR) is 225 cm³/mol. The average molecular weight is 693 g/mol. The Balaban J connectivity index is 1.03. The van der Waals surface area contributed by atoms with Gasteiger partial charge in [-0.1, -0.05) is 133 Å². The molecule has 3 heterocycles. The summed E-state index contributed by atoms with van der Waals surface area (Å²) in [6, 6.07) is 61.4. The van der Waals surface area contributed by atoms with Crippen molar-refractivity contribution in [1.29, 1.82) is 0 Å². The van der Waals surface area contributed by atoms with Gasteiger partial charge in [-0.2, -0.15) is 0 Å². The Hall–Kier alpha value is -6.68. The summed E-state index contributed by atoms with van der Waals surface area (Å²) in [5.74, 6) is 0. The molecule has 3 aromatic heterocycles. The van der Waals surface area contributed by atoms with Gasteiger partial charge in [0, 0.05) is 47.3 Å². The first-order valence-corrected chi connectivity index (χ1v) is 18.8. The molecular formula is C50H28O2S. The molecule has 0 aliphatic heterocycles. The Morgan fingerprint density at radius 2 is 0.868 bits per heavy atom. The predicted octanol–water partition coefficient (Wildman–Crippen LogP) is 15.2. The smallest absolute Gasteiger partial charge is 0.178 e. The molecule has 3 heteroatoms. The van der Waals surface area contributed by atoms with E-state index in [0.29, 0.717) is 0 Å². The van der Waals surface area contributed by atoms with Gasteiger partial charge in [-0.15, -0.1) is 11.3 Å². The molecule has 9 aromatic carbocycles. The van der Waals surface area contributed by atoms with E-state index in [2.05, 4.69) is 158 Å². The van der Waals surface area contributed by atoms with E-state index in [4.69, 9.17) is 8.83 Å². The molecule has 0 saturated heterocycles. The van der Waals surface area contributed by atoms with Crippen LogP contribution in [0.15, 0.2) is 179 Å². The summed E-state index contributed by atoms with van der Waals surface area (Å²) >= 11 is 1.86. The Labute approximate surface area is 307 Å². The standard InChI is InChI=1S/C50H28O2S/c1-2-11-29(12-3-1)46-35-14-4-6-16-37(35)47(38-17-7-5-15-36(38)46)31-21-23-34-42-27-30(22-26-44(42)53-45(34)28-31)32-18-10-19-39-41-25-24-40-33-13-8-9-20-43(33)51-49(40)50(41)52-48(32)39/h1-28H.